The quantitative estimate of drug-likeness (QED) is 0.853. The first-order chi connectivity index (χ1) is 8.63. The average Bonchev–Trinajstić information content (AvgIpc) is 2.35. The maximum Gasteiger partial charge on any atom is 0.0208 e. The standard InChI is InChI=1S/C17H21N/c1-12-9-14(3)17(10-13(12)2)16-8-6-5-7-15(16)11-18-4/h5-10,18H,11H2,1-4H3. The Morgan fingerprint density at radius 3 is 2.22 bits per heavy atom. The summed E-state index contributed by atoms with van der Waals surface area (Å²) in [6, 6.07) is 13.2. The van der Waals surface area contributed by atoms with E-state index in [0.717, 1.165) is 6.54 Å². The lowest BCUT2D eigenvalue weighted by Gasteiger charge is -2.14. The van der Waals surface area contributed by atoms with Crippen LogP contribution in [-0.4, -0.2) is 7.05 Å². The fraction of sp³-hybridized carbons (Fsp3) is 0.294. The summed E-state index contributed by atoms with van der Waals surface area (Å²) >= 11 is 0. The van der Waals surface area contributed by atoms with E-state index in [1.54, 1.807) is 0 Å². The van der Waals surface area contributed by atoms with E-state index in [2.05, 4.69) is 62.5 Å². The van der Waals surface area contributed by atoms with Gasteiger partial charge in [0.05, 0.1) is 0 Å². The molecule has 2 aromatic rings. The Bertz CT molecular complexity index is 556. The van der Waals surface area contributed by atoms with Gasteiger partial charge in [-0.25, -0.2) is 0 Å². The van der Waals surface area contributed by atoms with Crippen molar-refractivity contribution < 1.29 is 0 Å². The van der Waals surface area contributed by atoms with Crippen molar-refractivity contribution in [2.45, 2.75) is 27.3 Å². The highest BCUT2D eigenvalue weighted by atomic mass is 14.8. The molecule has 0 aliphatic carbocycles. The molecule has 0 unspecified atom stereocenters. The van der Waals surface area contributed by atoms with Gasteiger partial charge in [-0.15, -0.1) is 0 Å². The molecule has 0 spiro atoms. The molecular weight excluding hydrogens is 218 g/mol. The van der Waals surface area contributed by atoms with Gasteiger partial charge in [0, 0.05) is 6.54 Å². The summed E-state index contributed by atoms with van der Waals surface area (Å²) in [5, 5.41) is 3.24. The third kappa shape index (κ3) is 2.46. The van der Waals surface area contributed by atoms with Gasteiger partial charge in [0.25, 0.3) is 0 Å². The zero-order valence-electron chi connectivity index (χ0n) is 11.7. The SMILES string of the molecule is CNCc1ccccc1-c1cc(C)c(C)cc1C. The normalized spacial score (nSPS) is 10.7. The Kier molecular flexibility index (Phi) is 3.83. The first-order valence-electron chi connectivity index (χ1n) is 6.44. The molecule has 0 aliphatic rings. The fourth-order valence-corrected chi connectivity index (χ4v) is 2.38. The van der Waals surface area contributed by atoms with E-state index in [4.69, 9.17) is 0 Å². The Labute approximate surface area is 110 Å². The third-order valence-electron chi connectivity index (χ3n) is 3.52. The summed E-state index contributed by atoms with van der Waals surface area (Å²) in [7, 11) is 1.99. The molecule has 0 radical (unpaired) electrons. The number of nitrogens with one attached hydrogen (secondary N) is 1. The molecule has 18 heavy (non-hydrogen) atoms. The summed E-state index contributed by atoms with van der Waals surface area (Å²) in [4.78, 5) is 0. The monoisotopic (exact) mass is 239 g/mol. The Morgan fingerprint density at radius 1 is 0.833 bits per heavy atom. The van der Waals surface area contributed by atoms with Crippen molar-refractivity contribution >= 4 is 0 Å². The van der Waals surface area contributed by atoms with Crippen LogP contribution in [-0.2, 0) is 6.54 Å². The molecule has 0 heterocycles. The highest BCUT2D eigenvalue weighted by Crippen LogP contribution is 2.29. The fourth-order valence-electron chi connectivity index (χ4n) is 2.38. The van der Waals surface area contributed by atoms with Gasteiger partial charge in [-0.05, 0) is 61.2 Å². The highest BCUT2D eigenvalue weighted by molar-refractivity contribution is 5.71. The van der Waals surface area contributed by atoms with Crippen LogP contribution in [0, 0.1) is 20.8 Å². The van der Waals surface area contributed by atoms with Gasteiger partial charge in [0.15, 0.2) is 0 Å². The zero-order valence-corrected chi connectivity index (χ0v) is 11.7. The van der Waals surface area contributed by atoms with Crippen LogP contribution < -0.4 is 5.32 Å². The number of hydrogen-bond acceptors (Lipinski definition) is 1. The molecule has 0 amide bonds. The predicted octanol–water partition coefficient (Wildman–Crippen LogP) is 4.00. The Morgan fingerprint density at radius 2 is 1.50 bits per heavy atom. The predicted molar refractivity (Wildman–Crippen MR) is 78.9 cm³/mol. The third-order valence-corrected chi connectivity index (χ3v) is 3.52. The van der Waals surface area contributed by atoms with Gasteiger partial charge in [-0.2, -0.15) is 0 Å². The van der Waals surface area contributed by atoms with Gasteiger partial charge < -0.3 is 5.32 Å². The Hall–Kier alpha value is -1.60. The Balaban J connectivity index is 2.58. The smallest absolute Gasteiger partial charge is 0.0208 e. The van der Waals surface area contributed by atoms with Crippen LogP contribution in [0.15, 0.2) is 36.4 Å². The summed E-state index contributed by atoms with van der Waals surface area (Å²) in [5.74, 6) is 0. The maximum atomic E-state index is 3.24. The first kappa shape index (κ1) is 12.8. The summed E-state index contributed by atoms with van der Waals surface area (Å²) < 4.78 is 0. The van der Waals surface area contributed by atoms with Crippen molar-refractivity contribution in [1.29, 1.82) is 0 Å². The maximum absolute atomic E-state index is 3.24. The van der Waals surface area contributed by atoms with Crippen LogP contribution >= 0.6 is 0 Å². The van der Waals surface area contributed by atoms with Crippen LogP contribution in [0.5, 0.6) is 0 Å². The van der Waals surface area contributed by atoms with Crippen LogP contribution in [0.1, 0.15) is 22.3 Å². The molecular formula is C17H21N. The van der Waals surface area contributed by atoms with Crippen LogP contribution in [0.3, 0.4) is 0 Å². The summed E-state index contributed by atoms with van der Waals surface area (Å²) in [5.41, 5.74) is 8.11. The molecule has 0 fully saturated rings. The molecule has 0 aliphatic heterocycles. The zero-order chi connectivity index (χ0) is 13.1. The molecule has 1 nitrogen and oxygen atoms in total. The molecule has 0 atom stereocenters. The second-order valence-corrected chi connectivity index (χ2v) is 4.94. The average molecular weight is 239 g/mol. The lowest BCUT2D eigenvalue weighted by molar-refractivity contribution is 0.819. The minimum Gasteiger partial charge on any atom is -0.316 e. The summed E-state index contributed by atoms with van der Waals surface area (Å²) in [6.07, 6.45) is 0. The molecule has 0 saturated heterocycles. The molecule has 2 aromatic carbocycles. The van der Waals surface area contributed by atoms with E-state index in [1.807, 2.05) is 7.05 Å². The van der Waals surface area contributed by atoms with E-state index in [0.29, 0.717) is 0 Å². The van der Waals surface area contributed by atoms with Crippen LogP contribution in [0.2, 0.25) is 0 Å². The van der Waals surface area contributed by atoms with Crippen molar-refractivity contribution in [3.63, 3.8) is 0 Å². The molecule has 94 valence electrons. The van der Waals surface area contributed by atoms with Crippen molar-refractivity contribution in [3.8, 4) is 11.1 Å². The van der Waals surface area contributed by atoms with E-state index in [9.17, 15) is 0 Å². The van der Waals surface area contributed by atoms with Crippen molar-refractivity contribution in [3.05, 3.63) is 58.7 Å². The van der Waals surface area contributed by atoms with Crippen molar-refractivity contribution in [2.75, 3.05) is 7.05 Å². The largest absolute Gasteiger partial charge is 0.316 e. The number of hydrogen-bond donors (Lipinski definition) is 1. The van der Waals surface area contributed by atoms with Gasteiger partial charge >= 0.3 is 0 Å². The second kappa shape index (κ2) is 5.36. The molecule has 0 bridgehead atoms. The molecule has 0 aromatic heterocycles. The van der Waals surface area contributed by atoms with Crippen molar-refractivity contribution in [1.82, 2.24) is 5.32 Å². The lowest BCUT2D eigenvalue weighted by Crippen LogP contribution is -2.06. The van der Waals surface area contributed by atoms with E-state index < -0.39 is 0 Å². The molecule has 1 heteroatoms. The number of rotatable bonds is 3. The topological polar surface area (TPSA) is 12.0 Å². The van der Waals surface area contributed by atoms with Gasteiger partial charge in [0.2, 0.25) is 0 Å². The van der Waals surface area contributed by atoms with Gasteiger partial charge in [-0.1, -0.05) is 36.4 Å². The first-order valence-corrected chi connectivity index (χ1v) is 6.44. The highest BCUT2D eigenvalue weighted by Gasteiger charge is 2.08. The van der Waals surface area contributed by atoms with Crippen LogP contribution in [0.4, 0.5) is 0 Å². The van der Waals surface area contributed by atoms with E-state index in [1.165, 1.54) is 33.4 Å². The summed E-state index contributed by atoms with van der Waals surface area (Å²) in [6.45, 7) is 7.45. The lowest BCUT2D eigenvalue weighted by atomic mass is 9.92. The molecule has 2 rings (SSSR count). The van der Waals surface area contributed by atoms with Gasteiger partial charge in [-0.3, -0.25) is 0 Å². The minimum absolute atomic E-state index is 0.905. The number of benzene rings is 2. The van der Waals surface area contributed by atoms with E-state index >= 15 is 0 Å². The van der Waals surface area contributed by atoms with Gasteiger partial charge in [0.1, 0.15) is 0 Å². The van der Waals surface area contributed by atoms with E-state index in [-0.39, 0.29) is 0 Å². The second-order valence-electron chi connectivity index (χ2n) is 4.94. The number of aryl methyl sites for hydroxylation is 3. The molecule has 0 saturated carbocycles. The van der Waals surface area contributed by atoms with Crippen LogP contribution in [0.25, 0.3) is 11.1 Å². The minimum atomic E-state index is 0.905. The molecule has 1 N–H and O–H groups in total. The van der Waals surface area contributed by atoms with Crippen molar-refractivity contribution in [2.24, 2.45) is 0 Å².